The molecule has 0 spiro atoms. The number of methoxy groups -OCH3 is 1. The molecular weight excluding hydrogens is 304 g/mol. The van der Waals surface area contributed by atoms with Gasteiger partial charge in [-0.25, -0.2) is 0 Å². The van der Waals surface area contributed by atoms with Crippen molar-refractivity contribution in [1.29, 1.82) is 0 Å². The van der Waals surface area contributed by atoms with Crippen LogP contribution < -0.4 is 4.74 Å². The van der Waals surface area contributed by atoms with Crippen LogP contribution in [0.3, 0.4) is 0 Å². The third-order valence-electron chi connectivity index (χ3n) is 3.20. The minimum atomic E-state index is -0.617. The van der Waals surface area contributed by atoms with E-state index in [1.807, 2.05) is 30.3 Å². The van der Waals surface area contributed by atoms with Crippen molar-refractivity contribution >= 4 is 15.9 Å². The molecule has 2 aromatic rings. The normalized spacial score (nSPS) is 12.2. The Hall–Kier alpha value is -1.32. The molecule has 0 heterocycles. The highest BCUT2D eigenvalue weighted by molar-refractivity contribution is 9.10. The molecule has 0 radical (unpaired) electrons. The van der Waals surface area contributed by atoms with Gasteiger partial charge in [-0.15, -0.1) is 0 Å². The summed E-state index contributed by atoms with van der Waals surface area (Å²) in [7, 11) is 1.62. The fourth-order valence-corrected chi connectivity index (χ4v) is 2.54. The van der Waals surface area contributed by atoms with Crippen LogP contribution in [0.1, 0.15) is 29.7 Å². The van der Waals surface area contributed by atoms with Crippen LogP contribution in [0.25, 0.3) is 0 Å². The summed E-state index contributed by atoms with van der Waals surface area (Å²) in [6.07, 6.45) is 0.387. The van der Waals surface area contributed by atoms with Gasteiger partial charge in [0.2, 0.25) is 0 Å². The van der Waals surface area contributed by atoms with E-state index >= 15 is 0 Å². The first-order valence-electron chi connectivity index (χ1n) is 6.26. The first kappa shape index (κ1) is 14.1. The average Bonchev–Trinajstić information content (AvgIpc) is 2.46. The van der Waals surface area contributed by atoms with Gasteiger partial charge in [0.15, 0.2) is 0 Å². The second-order valence-corrected chi connectivity index (χ2v) is 5.25. The van der Waals surface area contributed by atoms with Crippen LogP contribution in [0.15, 0.2) is 46.9 Å². The van der Waals surface area contributed by atoms with Crippen LogP contribution in [0, 0.1) is 0 Å². The molecule has 0 aliphatic carbocycles. The van der Waals surface area contributed by atoms with Gasteiger partial charge < -0.3 is 9.84 Å². The van der Waals surface area contributed by atoms with Crippen LogP contribution in [-0.4, -0.2) is 12.2 Å². The zero-order valence-corrected chi connectivity index (χ0v) is 12.6. The molecule has 1 unspecified atom stereocenters. The van der Waals surface area contributed by atoms with Gasteiger partial charge in [0.05, 0.1) is 11.6 Å². The summed E-state index contributed by atoms with van der Waals surface area (Å²) >= 11 is 3.43. The van der Waals surface area contributed by atoms with Crippen molar-refractivity contribution in [3.05, 3.63) is 63.6 Å². The quantitative estimate of drug-likeness (QED) is 0.918. The molecule has 0 aliphatic heterocycles. The van der Waals surface area contributed by atoms with Crippen molar-refractivity contribution in [3.63, 3.8) is 0 Å². The van der Waals surface area contributed by atoms with E-state index in [9.17, 15) is 5.11 Å². The molecule has 3 heteroatoms. The van der Waals surface area contributed by atoms with Gasteiger partial charge in [0.1, 0.15) is 11.9 Å². The summed E-state index contributed by atoms with van der Waals surface area (Å²) in [5.41, 5.74) is 3.01. The molecule has 1 atom stereocenters. The van der Waals surface area contributed by atoms with E-state index < -0.39 is 6.10 Å². The monoisotopic (exact) mass is 320 g/mol. The molecule has 0 fully saturated rings. The van der Waals surface area contributed by atoms with Crippen LogP contribution in [0.5, 0.6) is 5.75 Å². The van der Waals surface area contributed by atoms with Crippen molar-refractivity contribution in [2.24, 2.45) is 0 Å². The molecule has 0 aromatic heterocycles. The maximum atomic E-state index is 10.4. The zero-order valence-electron chi connectivity index (χ0n) is 11.1. The fourth-order valence-electron chi connectivity index (χ4n) is 1.98. The molecule has 0 bridgehead atoms. The lowest BCUT2D eigenvalue weighted by molar-refractivity contribution is 0.220. The number of aryl methyl sites for hydroxylation is 1. The number of hydrogen-bond donors (Lipinski definition) is 1. The van der Waals surface area contributed by atoms with E-state index in [2.05, 4.69) is 35.0 Å². The number of ether oxygens (including phenoxy) is 1. The number of aliphatic hydroxyl groups is 1. The summed E-state index contributed by atoms with van der Waals surface area (Å²) in [5, 5.41) is 10.4. The van der Waals surface area contributed by atoms with Gasteiger partial charge in [-0.2, -0.15) is 0 Å². The van der Waals surface area contributed by atoms with Crippen LogP contribution in [-0.2, 0) is 6.42 Å². The number of rotatable bonds is 4. The minimum Gasteiger partial charge on any atom is -0.496 e. The molecule has 19 heavy (non-hydrogen) atoms. The highest BCUT2D eigenvalue weighted by Crippen LogP contribution is 2.30. The van der Waals surface area contributed by atoms with Gasteiger partial charge in [-0.1, -0.05) is 37.3 Å². The maximum Gasteiger partial charge on any atom is 0.133 e. The van der Waals surface area contributed by atoms with E-state index in [1.165, 1.54) is 5.56 Å². The molecule has 1 N–H and O–H groups in total. The molecule has 0 saturated heterocycles. The Balaban J connectivity index is 2.27. The Kier molecular flexibility index (Phi) is 4.61. The van der Waals surface area contributed by atoms with E-state index in [-0.39, 0.29) is 0 Å². The maximum absolute atomic E-state index is 10.4. The van der Waals surface area contributed by atoms with Gasteiger partial charge in [-0.3, -0.25) is 0 Å². The Morgan fingerprint density at radius 3 is 2.26 bits per heavy atom. The first-order valence-corrected chi connectivity index (χ1v) is 7.05. The van der Waals surface area contributed by atoms with Crippen molar-refractivity contribution in [2.45, 2.75) is 19.4 Å². The second-order valence-electron chi connectivity index (χ2n) is 4.39. The predicted molar refractivity (Wildman–Crippen MR) is 80.6 cm³/mol. The van der Waals surface area contributed by atoms with E-state index in [1.54, 1.807) is 7.11 Å². The highest BCUT2D eigenvalue weighted by atomic mass is 79.9. The molecule has 2 aromatic carbocycles. The van der Waals surface area contributed by atoms with E-state index in [0.29, 0.717) is 0 Å². The zero-order chi connectivity index (χ0) is 13.8. The van der Waals surface area contributed by atoms with Gasteiger partial charge in [0.25, 0.3) is 0 Å². The van der Waals surface area contributed by atoms with Gasteiger partial charge in [0, 0.05) is 0 Å². The molecular formula is C16H17BrO2. The lowest BCUT2D eigenvalue weighted by Crippen LogP contribution is -2.00. The smallest absolute Gasteiger partial charge is 0.133 e. The molecule has 0 aliphatic rings. The third kappa shape index (κ3) is 3.17. The lowest BCUT2D eigenvalue weighted by Gasteiger charge is -2.13. The standard InChI is InChI=1S/C16H17BrO2/c1-3-11-4-6-12(7-5-11)16(18)13-8-9-15(19-2)14(17)10-13/h4-10,16,18H,3H2,1-2H3. The summed E-state index contributed by atoms with van der Waals surface area (Å²) < 4.78 is 6.03. The Morgan fingerprint density at radius 2 is 1.74 bits per heavy atom. The van der Waals surface area contributed by atoms with E-state index in [0.717, 1.165) is 27.8 Å². The topological polar surface area (TPSA) is 29.5 Å². The van der Waals surface area contributed by atoms with Gasteiger partial charge in [-0.05, 0) is 51.2 Å². The fraction of sp³-hybridized carbons (Fsp3) is 0.250. The first-order chi connectivity index (χ1) is 9.15. The largest absolute Gasteiger partial charge is 0.496 e. The van der Waals surface area contributed by atoms with E-state index in [4.69, 9.17) is 4.74 Å². The van der Waals surface area contributed by atoms with Crippen molar-refractivity contribution in [2.75, 3.05) is 7.11 Å². The number of halogens is 1. The third-order valence-corrected chi connectivity index (χ3v) is 3.82. The van der Waals surface area contributed by atoms with Crippen LogP contribution >= 0.6 is 15.9 Å². The van der Waals surface area contributed by atoms with Gasteiger partial charge >= 0.3 is 0 Å². The SMILES string of the molecule is CCc1ccc(C(O)c2ccc(OC)c(Br)c2)cc1. The molecule has 2 rings (SSSR count). The lowest BCUT2D eigenvalue weighted by atomic mass is 10.00. The Labute approximate surface area is 122 Å². The second kappa shape index (κ2) is 6.22. The summed E-state index contributed by atoms with van der Waals surface area (Å²) in [6, 6.07) is 13.7. The molecule has 0 amide bonds. The Morgan fingerprint density at radius 1 is 1.11 bits per heavy atom. The van der Waals surface area contributed by atoms with Crippen molar-refractivity contribution in [1.82, 2.24) is 0 Å². The summed E-state index contributed by atoms with van der Waals surface area (Å²) in [4.78, 5) is 0. The highest BCUT2D eigenvalue weighted by Gasteiger charge is 2.12. The molecule has 100 valence electrons. The minimum absolute atomic E-state index is 0.617. The summed E-state index contributed by atoms with van der Waals surface area (Å²) in [5.74, 6) is 0.761. The van der Waals surface area contributed by atoms with Crippen molar-refractivity contribution < 1.29 is 9.84 Å². The number of hydrogen-bond acceptors (Lipinski definition) is 2. The Bertz CT molecular complexity index is 549. The number of benzene rings is 2. The summed E-state index contributed by atoms with van der Waals surface area (Å²) in [6.45, 7) is 2.12. The molecule has 2 nitrogen and oxygen atoms in total. The predicted octanol–water partition coefficient (Wildman–Crippen LogP) is 4.10. The average molecular weight is 321 g/mol. The molecule has 0 saturated carbocycles. The van der Waals surface area contributed by atoms with Crippen LogP contribution in [0.4, 0.5) is 0 Å². The van der Waals surface area contributed by atoms with Crippen molar-refractivity contribution in [3.8, 4) is 5.75 Å². The number of aliphatic hydroxyl groups excluding tert-OH is 1. The van der Waals surface area contributed by atoms with Crippen LogP contribution in [0.2, 0.25) is 0 Å².